The third kappa shape index (κ3) is 2.71. The first-order valence-electron chi connectivity index (χ1n) is 9.02. The largest absolute Gasteiger partial charge is 0.264 e. The van der Waals surface area contributed by atoms with Crippen molar-refractivity contribution in [2.24, 2.45) is 7.05 Å². The summed E-state index contributed by atoms with van der Waals surface area (Å²) < 4.78 is 3.56. The van der Waals surface area contributed by atoms with Crippen molar-refractivity contribution < 1.29 is 4.57 Å². The van der Waals surface area contributed by atoms with Crippen LogP contribution in [0.2, 0.25) is 0 Å². The van der Waals surface area contributed by atoms with Crippen LogP contribution in [0.15, 0.2) is 78.6 Å². The Kier molecular flexibility index (Phi) is 3.76. The number of aryl methyl sites for hydroxylation is 2. The van der Waals surface area contributed by atoms with E-state index in [9.17, 15) is 0 Å². The van der Waals surface area contributed by atoms with Crippen molar-refractivity contribution in [1.29, 1.82) is 0 Å². The maximum absolute atomic E-state index is 4.25. The summed E-state index contributed by atoms with van der Waals surface area (Å²) >= 11 is 1.80. The van der Waals surface area contributed by atoms with Crippen molar-refractivity contribution in [3.8, 4) is 22.4 Å². The zero-order valence-electron chi connectivity index (χ0n) is 15.3. The van der Waals surface area contributed by atoms with Crippen molar-refractivity contribution in [1.82, 2.24) is 4.98 Å². The van der Waals surface area contributed by atoms with E-state index in [4.69, 9.17) is 0 Å². The lowest BCUT2D eigenvalue weighted by molar-refractivity contribution is -0.659. The summed E-state index contributed by atoms with van der Waals surface area (Å²) in [6.07, 6.45) is 5.88. The molecule has 27 heavy (non-hydrogen) atoms. The third-order valence-corrected chi connectivity index (χ3v) is 6.07. The molecule has 0 saturated carbocycles. The van der Waals surface area contributed by atoms with E-state index < -0.39 is 0 Å². The topological polar surface area (TPSA) is 16.8 Å². The number of rotatable bonds is 2. The maximum Gasteiger partial charge on any atom is 0.220 e. The average Bonchev–Trinajstić information content (AvgIpc) is 3.15. The highest BCUT2D eigenvalue weighted by Gasteiger charge is 2.18. The summed E-state index contributed by atoms with van der Waals surface area (Å²) in [6.45, 7) is 2.20. The second-order valence-electron chi connectivity index (χ2n) is 6.94. The van der Waals surface area contributed by atoms with Gasteiger partial charge < -0.3 is 0 Å². The maximum atomic E-state index is 4.25. The number of hydrogen-bond donors (Lipinski definition) is 0. The fraction of sp³-hybridized carbons (Fsp3) is 0.0833. The van der Waals surface area contributed by atoms with Gasteiger partial charge in [-0.2, -0.15) is 0 Å². The molecule has 0 atom stereocenters. The summed E-state index contributed by atoms with van der Waals surface area (Å²) in [5.41, 5.74) is 6.21. The van der Waals surface area contributed by atoms with Crippen molar-refractivity contribution in [3.05, 3.63) is 84.1 Å². The molecular formula is C24H19N2S+. The van der Waals surface area contributed by atoms with E-state index in [0.29, 0.717) is 0 Å². The van der Waals surface area contributed by atoms with Crippen LogP contribution in [0.3, 0.4) is 0 Å². The molecule has 2 nitrogen and oxygen atoms in total. The molecule has 2 aromatic carbocycles. The van der Waals surface area contributed by atoms with Crippen LogP contribution >= 0.6 is 11.3 Å². The van der Waals surface area contributed by atoms with Gasteiger partial charge in [-0.05, 0) is 70.6 Å². The minimum Gasteiger partial charge on any atom is -0.264 e. The van der Waals surface area contributed by atoms with E-state index in [2.05, 4.69) is 83.6 Å². The van der Waals surface area contributed by atoms with E-state index in [0.717, 1.165) is 5.56 Å². The molecule has 130 valence electrons. The van der Waals surface area contributed by atoms with Gasteiger partial charge in [0, 0.05) is 28.7 Å². The molecule has 0 bridgehead atoms. The number of fused-ring (bicyclic) bond motifs is 2. The Morgan fingerprint density at radius 2 is 1.85 bits per heavy atom. The van der Waals surface area contributed by atoms with Crippen molar-refractivity contribution in [2.75, 3.05) is 0 Å². The molecule has 0 amide bonds. The average molecular weight is 367 g/mol. The van der Waals surface area contributed by atoms with Gasteiger partial charge in [-0.25, -0.2) is 4.57 Å². The van der Waals surface area contributed by atoms with Gasteiger partial charge in [0.25, 0.3) is 0 Å². The van der Waals surface area contributed by atoms with Crippen LogP contribution in [0, 0.1) is 6.92 Å². The highest BCUT2D eigenvalue weighted by Crippen LogP contribution is 2.34. The van der Waals surface area contributed by atoms with Gasteiger partial charge in [-0.15, -0.1) is 11.3 Å². The number of thiophene rings is 1. The molecule has 5 aromatic rings. The minimum atomic E-state index is 1.14. The summed E-state index contributed by atoms with van der Waals surface area (Å²) in [5.74, 6) is 0. The number of pyridine rings is 2. The summed E-state index contributed by atoms with van der Waals surface area (Å²) in [6, 6.07) is 19.8. The second-order valence-corrected chi connectivity index (χ2v) is 7.89. The van der Waals surface area contributed by atoms with Gasteiger partial charge in [0.05, 0.1) is 10.9 Å². The molecule has 0 aliphatic carbocycles. The lowest BCUT2D eigenvalue weighted by Gasteiger charge is -2.10. The molecule has 5 rings (SSSR count). The van der Waals surface area contributed by atoms with Crippen LogP contribution in [0.25, 0.3) is 43.2 Å². The zero-order chi connectivity index (χ0) is 18.4. The lowest BCUT2D eigenvalue weighted by atomic mass is 9.96. The molecule has 3 aromatic heterocycles. The SMILES string of the molecule is Cc1cc2ccsc2cc1-c1c2ccc(-c3cccnc3)cc2cc[n+]1C. The quantitative estimate of drug-likeness (QED) is 0.354. The van der Waals surface area contributed by atoms with Gasteiger partial charge in [-0.3, -0.25) is 4.98 Å². The van der Waals surface area contributed by atoms with E-state index in [1.807, 2.05) is 18.5 Å². The van der Waals surface area contributed by atoms with Gasteiger partial charge in [-0.1, -0.05) is 12.1 Å². The molecule has 3 heterocycles. The van der Waals surface area contributed by atoms with Gasteiger partial charge >= 0.3 is 0 Å². The van der Waals surface area contributed by atoms with E-state index in [1.54, 1.807) is 11.3 Å². The Balaban J connectivity index is 1.76. The summed E-state index contributed by atoms with van der Waals surface area (Å²) in [7, 11) is 2.13. The fourth-order valence-corrected chi connectivity index (χ4v) is 4.61. The van der Waals surface area contributed by atoms with E-state index in [-0.39, 0.29) is 0 Å². The molecule has 0 saturated heterocycles. The molecule has 0 unspecified atom stereocenters. The van der Waals surface area contributed by atoms with Gasteiger partial charge in [0.2, 0.25) is 5.69 Å². The first kappa shape index (κ1) is 16.2. The van der Waals surface area contributed by atoms with Crippen LogP contribution in [0.4, 0.5) is 0 Å². The molecule has 0 aliphatic rings. The van der Waals surface area contributed by atoms with E-state index >= 15 is 0 Å². The Bertz CT molecular complexity index is 1290. The fourth-order valence-electron chi connectivity index (χ4n) is 3.80. The van der Waals surface area contributed by atoms with Gasteiger partial charge in [0.15, 0.2) is 6.20 Å². The number of benzene rings is 2. The first-order valence-corrected chi connectivity index (χ1v) is 9.90. The molecule has 0 radical (unpaired) electrons. The standard InChI is InChI=1S/C24H19N2S/c1-16-12-19-8-11-27-23(19)14-22(16)24-21-6-5-17(20-4-3-9-25-15-20)13-18(21)7-10-26(24)2/h3-15H,1-2H3/q+1. The first-order chi connectivity index (χ1) is 13.2. The van der Waals surface area contributed by atoms with Crippen LogP contribution in [-0.4, -0.2) is 4.98 Å². The van der Waals surface area contributed by atoms with Crippen molar-refractivity contribution in [2.45, 2.75) is 6.92 Å². The predicted octanol–water partition coefficient (Wildman–Crippen LogP) is 5.92. The monoisotopic (exact) mass is 367 g/mol. The van der Waals surface area contributed by atoms with Crippen molar-refractivity contribution >= 4 is 32.2 Å². The lowest BCUT2D eigenvalue weighted by Crippen LogP contribution is -2.30. The Morgan fingerprint density at radius 1 is 0.926 bits per heavy atom. The molecular weight excluding hydrogens is 348 g/mol. The smallest absolute Gasteiger partial charge is 0.220 e. The van der Waals surface area contributed by atoms with Crippen molar-refractivity contribution in [3.63, 3.8) is 0 Å². The van der Waals surface area contributed by atoms with Crippen LogP contribution in [-0.2, 0) is 7.05 Å². The number of hydrogen-bond acceptors (Lipinski definition) is 2. The molecule has 3 heteroatoms. The third-order valence-electron chi connectivity index (χ3n) is 5.19. The second kappa shape index (κ2) is 6.29. The van der Waals surface area contributed by atoms with Crippen LogP contribution in [0.1, 0.15) is 5.56 Å². The van der Waals surface area contributed by atoms with E-state index in [1.165, 1.54) is 43.2 Å². The normalized spacial score (nSPS) is 11.3. The highest BCUT2D eigenvalue weighted by molar-refractivity contribution is 7.17. The Labute approximate surface area is 162 Å². The minimum absolute atomic E-state index is 1.14. The van der Waals surface area contributed by atoms with Gasteiger partial charge in [0.1, 0.15) is 7.05 Å². The number of nitrogens with zero attached hydrogens (tertiary/aromatic N) is 2. The Morgan fingerprint density at radius 3 is 2.70 bits per heavy atom. The highest BCUT2D eigenvalue weighted by atomic mass is 32.1. The number of aromatic nitrogens is 2. The predicted molar refractivity (Wildman–Crippen MR) is 114 cm³/mol. The molecule has 0 aliphatic heterocycles. The van der Waals surface area contributed by atoms with Crippen LogP contribution in [0.5, 0.6) is 0 Å². The van der Waals surface area contributed by atoms with Crippen LogP contribution < -0.4 is 4.57 Å². The summed E-state index contributed by atoms with van der Waals surface area (Å²) in [5, 5.41) is 6.00. The summed E-state index contributed by atoms with van der Waals surface area (Å²) in [4.78, 5) is 4.25. The zero-order valence-corrected chi connectivity index (χ0v) is 16.1. The molecule has 0 spiro atoms. The Hall–Kier alpha value is -3.04. The molecule has 0 N–H and O–H groups in total. The molecule has 0 fully saturated rings.